The number of piperidine rings is 1. The van der Waals surface area contributed by atoms with E-state index in [1.165, 1.54) is 0 Å². The van der Waals surface area contributed by atoms with Crippen LogP contribution in [-0.4, -0.2) is 102 Å². The Balaban J connectivity index is 1.36. The molecule has 1 aromatic heterocycles. The van der Waals surface area contributed by atoms with Crippen molar-refractivity contribution in [3.63, 3.8) is 0 Å². The van der Waals surface area contributed by atoms with Crippen LogP contribution in [0.4, 0.5) is 0 Å². The zero-order chi connectivity index (χ0) is 22.1. The molecule has 0 aliphatic carbocycles. The summed E-state index contributed by atoms with van der Waals surface area (Å²) in [5.41, 5.74) is 1.01. The highest BCUT2D eigenvalue weighted by atomic mass is 16.2. The normalized spacial score (nSPS) is 20.6. The number of amides is 2. The van der Waals surface area contributed by atoms with Crippen LogP contribution in [0.3, 0.4) is 0 Å². The lowest BCUT2D eigenvalue weighted by atomic mass is 9.93. The van der Waals surface area contributed by atoms with E-state index in [1.807, 2.05) is 35.0 Å². The zero-order valence-corrected chi connectivity index (χ0v) is 19.3. The second kappa shape index (κ2) is 12.2. The quantitative estimate of drug-likeness (QED) is 0.598. The first-order valence-corrected chi connectivity index (χ1v) is 11.9. The lowest BCUT2D eigenvalue weighted by molar-refractivity contribution is -0.134. The molecule has 1 aromatic rings. The molecule has 2 aliphatic rings. The van der Waals surface area contributed by atoms with Gasteiger partial charge >= 0.3 is 0 Å². The molecule has 0 radical (unpaired) electrons. The summed E-state index contributed by atoms with van der Waals surface area (Å²) in [7, 11) is 1.88. The van der Waals surface area contributed by atoms with Crippen molar-refractivity contribution in [2.24, 2.45) is 5.92 Å². The summed E-state index contributed by atoms with van der Waals surface area (Å²) in [6.07, 6.45) is 6.16. The molecule has 0 N–H and O–H groups in total. The van der Waals surface area contributed by atoms with Crippen molar-refractivity contribution in [3.05, 3.63) is 30.1 Å². The molecule has 2 fully saturated rings. The maximum Gasteiger partial charge on any atom is 0.236 e. The monoisotopic (exact) mass is 429 g/mol. The second-order valence-electron chi connectivity index (χ2n) is 8.98. The number of rotatable bonds is 9. The van der Waals surface area contributed by atoms with Gasteiger partial charge in [0.15, 0.2) is 0 Å². The molecule has 0 saturated carbocycles. The Hall–Kier alpha value is -1.99. The minimum atomic E-state index is 0.188. The highest BCUT2D eigenvalue weighted by molar-refractivity contribution is 5.78. The molecule has 0 aromatic carbocycles. The number of carbonyl (C=O) groups is 2. The maximum absolute atomic E-state index is 12.8. The molecule has 2 saturated heterocycles. The molecule has 2 amide bonds. The summed E-state index contributed by atoms with van der Waals surface area (Å²) < 4.78 is 0. The van der Waals surface area contributed by atoms with E-state index in [-0.39, 0.29) is 11.8 Å². The van der Waals surface area contributed by atoms with Gasteiger partial charge in [0.05, 0.1) is 6.54 Å². The predicted molar refractivity (Wildman–Crippen MR) is 123 cm³/mol. The van der Waals surface area contributed by atoms with Gasteiger partial charge in [0.25, 0.3) is 0 Å². The molecule has 3 heterocycles. The van der Waals surface area contributed by atoms with Gasteiger partial charge in [0.1, 0.15) is 0 Å². The van der Waals surface area contributed by atoms with Crippen LogP contribution in [0.5, 0.6) is 0 Å². The molecule has 0 unspecified atom stereocenters. The summed E-state index contributed by atoms with van der Waals surface area (Å²) >= 11 is 0. The van der Waals surface area contributed by atoms with Crippen molar-refractivity contribution in [1.29, 1.82) is 0 Å². The van der Waals surface area contributed by atoms with Crippen molar-refractivity contribution >= 4 is 11.8 Å². The van der Waals surface area contributed by atoms with Crippen molar-refractivity contribution in [1.82, 2.24) is 24.6 Å². The molecule has 7 nitrogen and oxygen atoms in total. The molecule has 3 rings (SSSR count). The van der Waals surface area contributed by atoms with Crippen LogP contribution in [0.2, 0.25) is 0 Å². The SMILES string of the molecule is CCN1CCN(CC(=O)N2CCC[C@@H](CCC(=O)N(C)CCc3ccccn3)C2)CC1. The van der Waals surface area contributed by atoms with Crippen LogP contribution < -0.4 is 0 Å². The Morgan fingerprint density at radius 2 is 1.90 bits per heavy atom. The minimum absolute atomic E-state index is 0.188. The van der Waals surface area contributed by atoms with Gasteiger partial charge in [-0.2, -0.15) is 0 Å². The maximum atomic E-state index is 12.8. The number of likely N-dealkylation sites (tertiary alicyclic amines) is 1. The largest absolute Gasteiger partial charge is 0.345 e. The van der Waals surface area contributed by atoms with Crippen LogP contribution in [0, 0.1) is 5.92 Å². The van der Waals surface area contributed by atoms with Crippen molar-refractivity contribution in [2.45, 2.75) is 39.0 Å². The lowest BCUT2D eigenvalue weighted by Gasteiger charge is -2.37. The summed E-state index contributed by atoms with van der Waals surface area (Å²) in [6, 6.07) is 5.88. The molecule has 0 bridgehead atoms. The first-order chi connectivity index (χ1) is 15.0. The van der Waals surface area contributed by atoms with Gasteiger partial charge in [-0.15, -0.1) is 0 Å². The van der Waals surface area contributed by atoms with Crippen molar-refractivity contribution < 1.29 is 9.59 Å². The minimum Gasteiger partial charge on any atom is -0.345 e. The Bertz CT molecular complexity index is 690. The van der Waals surface area contributed by atoms with Crippen molar-refractivity contribution in [3.8, 4) is 0 Å². The van der Waals surface area contributed by atoms with E-state index in [1.54, 1.807) is 6.20 Å². The first kappa shape index (κ1) is 23.7. The zero-order valence-electron chi connectivity index (χ0n) is 19.3. The van der Waals surface area contributed by atoms with Gasteiger partial charge in [-0.25, -0.2) is 0 Å². The van der Waals surface area contributed by atoms with Crippen LogP contribution in [0.25, 0.3) is 0 Å². The van der Waals surface area contributed by atoms with E-state index in [4.69, 9.17) is 0 Å². The lowest BCUT2D eigenvalue weighted by Crippen LogP contribution is -2.51. The highest BCUT2D eigenvalue weighted by Crippen LogP contribution is 2.22. The number of carbonyl (C=O) groups excluding carboxylic acids is 2. The number of likely N-dealkylation sites (N-methyl/N-ethyl adjacent to an activating group) is 2. The molecule has 172 valence electrons. The van der Waals surface area contributed by atoms with Crippen LogP contribution >= 0.6 is 0 Å². The van der Waals surface area contributed by atoms with Gasteiger partial charge < -0.3 is 14.7 Å². The van der Waals surface area contributed by atoms with E-state index in [2.05, 4.69) is 21.7 Å². The first-order valence-electron chi connectivity index (χ1n) is 11.9. The standard InChI is InChI=1S/C24H39N5O2/c1-3-27-15-17-28(18-16-27)20-24(31)29-13-6-7-21(19-29)9-10-23(30)26(2)14-11-22-8-4-5-12-25-22/h4-5,8,12,21H,3,6-7,9-11,13-20H2,1-2H3/t21-/m0/s1. The van der Waals surface area contributed by atoms with E-state index in [0.717, 1.165) is 77.2 Å². The number of aromatic nitrogens is 1. The summed E-state index contributed by atoms with van der Waals surface area (Å²) in [4.78, 5) is 38.3. The van der Waals surface area contributed by atoms with Crippen molar-refractivity contribution in [2.75, 3.05) is 66.0 Å². The van der Waals surface area contributed by atoms with E-state index < -0.39 is 0 Å². The average molecular weight is 430 g/mol. The van der Waals surface area contributed by atoms with Gasteiger partial charge in [-0.3, -0.25) is 19.5 Å². The number of hydrogen-bond acceptors (Lipinski definition) is 5. The van der Waals surface area contributed by atoms with E-state index in [9.17, 15) is 9.59 Å². The number of hydrogen-bond donors (Lipinski definition) is 0. The number of piperazine rings is 1. The molecular formula is C24H39N5O2. The topological polar surface area (TPSA) is 60.0 Å². The average Bonchev–Trinajstić information content (AvgIpc) is 2.82. The fourth-order valence-electron chi connectivity index (χ4n) is 4.55. The van der Waals surface area contributed by atoms with Crippen LogP contribution in [0.15, 0.2) is 24.4 Å². The van der Waals surface area contributed by atoms with E-state index >= 15 is 0 Å². The summed E-state index contributed by atoms with van der Waals surface area (Å²) in [5.74, 6) is 0.879. The number of pyridine rings is 1. The van der Waals surface area contributed by atoms with Gasteiger partial charge in [-0.1, -0.05) is 13.0 Å². The fourth-order valence-corrected chi connectivity index (χ4v) is 4.55. The highest BCUT2D eigenvalue weighted by Gasteiger charge is 2.26. The Morgan fingerprint density at radius 1 is 1.13 bits per heavy atom. The van der Waals surface area contributed by atoms with Gasteiger partial charge in [0.2, 0.25) is 11.8 Å². The Kier molecular flexibility index (Phi) is 9.28. The molecule has 31 heavy (non-hydrogen) atoms. The van der Waals surface area contributed by atoms with Gasteiger partial charge in [0, 0.05) is 77.6 Å². The third-order valence-electron chi connectivity index (χ3n) is 6.76. The van der Waals surface area contributed by atoms with Crippen LogP contribution in [-0.2, 0) is 16.0 Å². The third kappa shape index (κ3) is 7.58. The van der Waals surface area contributed by atoms with E-state index in [0.29, 0.717) is 25.4 Å². The third-order valence-corrected chi connectivity index (χ3v) is 6.76. The predicted octanol–water partition coefficient (Wildman–Crippen LogP) is 1.74. The Morgan fingerprint density at radius 3 is 2.61 bits per heavy atom. The second-order valence-corrected chi connectivity index (χ2v) is 8.98. The summed E-state index contributed by atoms with van der Waals surface area (Å²) in [6.45, 7) is 10.3. The Labute approximate surface area is 187 Å². The molecule has 7 heteroatoms. The smallest absolute Gasteiger partial charge is 0.236 e. The van der Waals surface area contributed by atoms with Gasteiger partial charge in [-0.05, 0) is 43.9 Å². The molecule has 1 atom stereocenters. The number of nitrogens with zero attached hydrogens (tertiary/aromatic N) is 5. The molecular weight excluding hydrogens is 390 g/mol. The molecule has 0 spiro atoms. The summed E-state index contributed by atoms with van der Waals surface area (Å²) in [5, 5.41) is 0. The fraction of sp³-hybridized carbons (Fsp3) is 0.708. The molecule has 2 aliphatic heterocycles. The van der Waals surface area contributed by atoms with Crippen LogP contribution in [0.1, 0.15) is 38.3 Å².